The van der Waals surface area contributed by atoms with E-state index in [2.05, 4.69) is 60.9 Å². The van der Waals surface area contributed by atoms with Crippen molar-refractivity contribution in [3.63, 3.8) is 0 Å². The number of nitrogens with zero attached hydrogens (tertiary/aromatic N) is 4. The first-order chi connectivity index (χ1) is 27.8. The van der Waals surface area contributed by atoms with Gasteiger partial charge in [0.2, 0.25) is 12.3 Å². The van der Waals surface area contributed by atoms with Crippen molar-refractivity contribution >= 4 is 47.9 Å². The van der Waals surface area contributed by atoms with Crippen molar-refractivity contribution in [3.05, 3.63) is 71.6 Å². The zero-order chi connectivity index (χ0) is 42.0. The van der Waals surface area contributed by atoms with Gasteiger partial charge in [-0.3, -0.25) is 29.2 Å². The summed E-state index contributed by atoms with van der Waals surface area (Å²) in [5.74, 6) is -0.897. The van der Waals surface area contributed by atoms with Crippen LogP contribution < -0.4 is 10.7 Å². The minimum atomic E-state index is -0.964. The number of carbonyl (C=O) groups is 4. The van der Waals surface area contributed by atoms with Gasteiger partial charge in [-0.15, -0.1) is 0 Å². The number of hydrogen-bond donors (Lipinski definition) is 3. The lowest BCUT2D eigenvalue weighted by Crippen LogP contribution is -2.58. The number of hydrogen-bond acceptors (Lipinski definition) is 9. The summed E-state index contributed by atoms with van der Waals surface area (Å²) in [4.78, 5) is 56.7. The Bertz CT molecular complexity index is 2010. The van der Waals surface area contributed by atoms with E-state index in [-0.39, 0.29) is 36.7 Å². The smallest absolute Gasteiger partial charge is 0.293 e. The molecule has 3 N–H and O–H groups in total. The standard InChI is InChI=1S/C45H60N6O7/c1-8-16-46-37(41-13-12-19-58-41)25-40-36(26-45(5,6)27-57-29-53)35-24-32(14-15-39(35)50(40)9-2)33-20-31(21-34(54)23-33)22-38(44(56)51-18-11-10-17-47-51)48-43(55)42(30(3)4)49(7)28-52/h8,14-16,20-21,23-25,28-30,38,41-42,47,54H,1,9-13,17-19,22,26-27H2,2-7H3,(H,48,55)/b37-25+,46-16?. The number of phenolic OH excluding ortho intramolecular Hbond substituents is 1. The number of amides is 3. The lowest BCUT2D eigenvalue weighted by molar-refractivity contribution is -0.142. The molecule has 5 rings (SSSR count). The van der Waals surface area contributed by atoms with Crippen LogP contribution in [0, 0.1) is 11.3 Å². The number of fused-ring (bicyclic) bond motifs is 1. The molecule has 13 heteroatoms. The normalized spacial score (nSPS) is 17.4. The predicted octanol–water partition coefficient (Wildman–Crippen LogP) is 5.82. The summed E-state index contributed by atoms with van der Waals surface area (Å²) < 4.78 is 13.6. The fourth-order valence-corrected chi connectivity index (χ4v) is 8.15. The number of likely N-dealkylation sites (N-methyl/N-ethyl adjacent to an activating group) is 1. The van der Waals surface area contributed by atoms with Gasteiger partial charge in [0.25, 0.3) is 12.4 Å². The molecular weight excluding hydrogens is 737 g/mol. The highest BCUT2D eigenvalue weighted by Gasteiger charge is 2.33. The molecule has 0 radical (unpaired) electrons. The van der Waals surface area contributed by atoms with Gasteiger partial charge in [-0.25, -0.2) is 5.43 Å². The number of allylic oxidation sites excluding steroid dienone is 1. The molecule has 2 fully saturated rings. The number of carbonyl (C=O) groups excluding carboxylic acids is 4. The van der Waals surface area contributed by atoms with Crippen LogP contribution in [0.2, 0.25) is 0 Å². The van der Waals surface area contributed by atoms with Gasteiger partial charge < -0.3 is 29.4 Å². The van der Waals surface area contributed by atoms with Crippen molar-refractivity contribution in [2.75, 3.05) is 33.4 Å². The molecule has 3 heterocycles. The Morgan fingerprint density at radius 2 is 1.95 bits per heavy atom. The van der Waals surface area contributed by atoms with E-state index in [0.29, 0.717) is 51.1 Å². The maximum absolute atomic E-state index is 14.0. The van der Waals surface area contributed by atoms with Gasteiger partial charge in [-0.2, -0.15) is 0 Å². The molecule has 0 aliphatic carbocycles. The number of nitrogens with one attached hydrogen (secondary N) is 2. The summed E-state index contributed by atoms with van der Waals surface area (Å²) in [7, 11) is 1.55. The minimum Gasteiger partial charge on any atom is -0.508 e. The van der Waals surface area contributed by atoms with Gasteiger partial charge in [0.05, 0.1) is 18.4 Å². The lowest BCUT2D eigenvalue weighted by Gasteiger charge is -2.33. The molecule has 3 unspecified atom stereocenters. The van der Waals surface area contributed by atoms with Gasteiger partial charge in [-0.1, -0.05) is 52.5 Å². The van der Waals surface area contributed by atoms with Crippen molar-refractivity contribution in [1.82, 2.24) is 25.2 Å². The summed E-state index contributed by atoms with van der Waals surface area (Å²) in [5.41, 5.74) is 8.85. The average molecular weight is 797 g/mol. The number of aliphatic imine (C=N–C) groups is 1. The lowest BCUT2D eigenvalue weighted by atomic mass is 9.85. The maximum Gasteiger partial charge on any atom is 0.293 e. The van der Waals surface area contributed by atoms with E-state index in [1.165, 1.54) is 4.90 Å². The largest absolute Gasteiger partial charge is 0.508 e. The molecule has 3 aromatic rings. The molecule has 1 aromatic heterocycles. The fraction of sp³-hybridized carbons (Fsp3) is 0.489. The fourth-order valence-electron chi connectivity index (χ4n) is 8.15. The Morgan fingerprint density at radius 3 is 2.59 bits per heavy atom. The van der Waals surface area contributed by atoms with Crippen molar-refractivity contribution < 1.29 is 33.8 Å². The quantitative estimate of drug-likeness (QED) is 0.101. The van der Waals surface area contributed by atoms with Crippen LogP contribution in [-0.2, 0) is 48.0 Å². The second-order valence-electron chi connectivity index (χ2n) is 16.4. The average Bonchev–Trinajstić information content (AvgIpc) is 3.84. The van der Waals surface area contributed by atoms with Crippen LogP contribution in [0.1, 0.15) is 77.1 Å². The van der Waals surface area contributed by atoms with Crippen LogP contribution in [0.5, 0.6) is 5.75 Å². The topological polar surface area (TPSA) is 155 Å². The SMILES string of the molecule is C=CC=N/C(=C/c1c(CC(C)(C)COC=O)c2cc(-c3cc(O)cc(CC(NC(=O)C(C(C)C)N(C)C=O)C(=O)N4CCCCN4)c3)ccc2n1CC)C1CCCO1. The van der Waals surface area contributed by atoms with E-state index in [1.807, 2.05) is 26.0 Å². The highest BCUT2D eigenvalue weighted by molar-refractivity contribution is 5.93. The van der Waals surface area contributed by atoms with Crippen LogP contribution in [0.15, 0.2) is 59.7 Å². The van der Waals surface area contributed by atoms with Gasteiger partial charge >= 0.3 is 0 Å². The summed E-state index contributed by atoms with van der Waals surface area (Å²) in [6.45, 7) is 17.0. The summed E-state index contributed by atoms with van der Waals surface area (Å²) >= 11 is 0. The molecular formula is C45H60N6O7. The van der Waals surface area contributed by atoms with Crippen LogP contribution in [0.4, 0.5) is 0 Å². The van der Waals surface area contributed by atoms with Crippen LogP contribution in [-0.4, -0.2) is 102 Å². The number of aryl methyl sites for hydroxylation is 1. The van der Waals surface area contributed by atoms with Gasteiger partial charge in [0.1, 0.15) is 17.8 Å². The number of hydrazine groups is 1. The van der Waals surface area contributed by atoms with E-state index >= 15 is 0 Å². The Hall–Kier alpha value is -5.27. The first-order valence-electron chi connectivity index (χ1n) is 20.3. The Labute approximate surface area is 342 Å². The summed E-state index contributed by atoms with van der Waals surface area (Å²) in [5, 5.41) is 16.7. The zero-order valence-electron chi connectivity index (χ0n) is 34.8. The number of ether oxygens (including phenoxy) is 2. The number of benzene rings is 2. The Morgan fingerprint density at radius 1 is 1.16 bits per heavy atom. The number of aromatic hydroxyl groups is 1. The van der Waals surface area contributed by atoms with Crippen LogP contribution in [0.3, 0.4) is 0 Å². The highest BCUT2D eigenvalue weighted by Crippen LogP contribution is 2.38. The highest BCUT2D eigenvalue weighted by atomic mass is 16.5. The van der Waals surface area contributed by atoms with E-state index in [0.717, 1.165) is 64.7 Å². The van der Waals surface area contributed by atoms with E-state index in [4.69, 9.17) is 14.5 Å². The molecule has 2 saturated heterocycles. The monoisotopic (exact) mass is 796 g/mol. The third-order valence-corrected chi connectivity index (χ3v) is 10.8. The van der Waals surface area contributed by atoms with Crippen molar-refractivity contribution in [1.29, 1.82) is 0 Å². The molecule has 2 aliphatic heterocycles. The molecule has 0 spiro atoms. The molecule has 2 aliphatic rings. The third-order valence-electron chi connectivity index (χ3n) is 10.8. The van der Waals surface area contributed by atoms with Crippen molar-refractivity contribution in [3.8, 4) is 16.9 Å². The van der Waals surface area contributed by atoms with E-state index in [9.17, 15) is 24.3 Å². The molecule has 58 heavy (non-hydrogen) atoms. The molecule has 0 saturated carbocycles. The van der Waals surface area contributed by atoms with Crippen LogP contribution in [0.25, 0.3) is 28.1 Å². The number of aromatic nitrogens is 1. The number of phenols is 1. The van der Waals surface area contributed by atoms with Gasteiger partial charge in [-0.05, 0) is 97.5 Å². The Kier molecular flexibility index (Phi) is 15.1. The number of rotatable bonds is 19. The van der Waals surface area contributed by atoms with Crippen molar-refractivity contribution in [2.24, 2.45) is 16.3 Å². The minimum absolute atomic E-state index is 0.0189. The predicted molar refractivity (Wildman–Crippen MR) is 227 cm³/mol. The second-order valence-corrected chi connectivity index (χ2v) is 16.4. The molecule has 13 nitrogen and oxygen atoms in total. The van der Waals surface area contributed by atoms with Gasteiger partial charge in [0.15, 0.2) is 0 Å². The van der Waals surface area contributed by atoms with E-state index < -0.39 is 23.4 Å². The maximum atomic E-state index is 14.0. The third kappa shape index (κ3) is 10.6. The molecule has 3 atom stereocenters. The Balaban J connectivity index is 1.60. The second kappa shape index (κ2) is 19.9. The van der Waals surface area contributed by atoms with Crippen LogP contribution >= 0.6 is 0 Å². The molecule has 312 valence electrons. The first-order valence-corrected chi connectivity index (χ1v) is 20.3. The summed E-state index contributed by atoms with van der Waals surface area (Å²) in [6, 6.07) is 9.72. The summed E-state index contributed by atoms with van der Waals surface area (Å²) in [6.07, 6.45) is 10.2. The van der Waals surface area contributed by atoms with Gasteiger partial charge in [0, 0.05) is 67.9 Å². The molecule has 3 amide bonds. The molecule has 2 aromatic carbocycles. The molecule has 0 bridgehead atoms. The first kappa shape index (κ1) is 43.8. The zero-order valence-corrected chi connectivity index (χ0v) is 34.8. The van der Waals surface area contributed by atoms with Crippen molar-refractivity contribution in [2.45, 2.75) is 97.9 Å². The van der Waals surface area contributed by atoms with E-state index in [1.54, 1.807) is 36.5 Å².